The molecule has 1 fully saturated rings. The van der Waals surface area contributed by atoms with Crippen molar-refractivity contribution in [3.8, 4) is 0 Å². The van der Waals surface area contributed by atoms with Gasteiger partial charge in [0.25, 0.3) is 0 Å². The van der Waals surface area contributed by atoms with Crippen molar-refractivity contribution in [1.29, 1.82) is 0 Å². The average molecular weight is 366 g/mol. The molecule has 0 spiro atoms. The molecule has 27 heavy (non-hydrogen) atoms. The van der Waals surface area contributed by atoms with Crippen LogP contribution in [0.1, 0.15) is 87.6 Å². The maximum absolute atomic E-state index is 2.69. The summed E-state index contributed by atoms with van der Waals surface area (Å²) >= 11 is 0. The van der Waals surface area contributed by atoms with Gasteiger partial charge in [-0.05, 0) is 61.3 Å². The first-order chi connectivity index (χ1) is 13.3. The third-order valence-corrected chi connectivity index (χ3v) is 7.54. The lowest BCUT2D eigenvalue weighted by Crippen LogP contribution is -2.50. The zero-order valence-corrected chi connectivity index (χ0v) is 17.2. The van der Waals surface area contributed by atoms with Gasteiger partial charge in [0.05, 0.1) is 6.04 Å². The van der Waals surface area contributed by atoms with Crippen LogP contribution in [0.15, 0.2) is 18.2 Å². The Bertz CT molecular complexity index is 811. The minimum atomic E-state index is 0.591. The number of aromatic nitrogens is 1. The highest BCUT2D eigenvalue weighted by atomic mass is 15.6. The van der Waals surface area contributed by atoms with Crippen LogP contribution in [0.3, 0.4) is 0 Å². The standard InChI is InChI=1S/C24H35N3/c1-3-25(4-2)27-16-15-26-22-14-13-19(18-9-6-5-7-10-18)17-21(22)20-11-8-12-23(27)24(20)26/h13-14,17-18,23H,3-12,15-16H2,1-2H3. The summed E-state index contributed by atoms with van der Waals surface area (Å²) in [6, 6.07) is 8.10. The lowest BCUT2D eigenvalue weighted by Gasteiger charge is -2.45. The zero-order valence-electron chi connectivity index (χ0n) is 17.2. The summed E-state index contributed by atoms with van der Waals surface area (Å²) < 4.78 is 2.68. The number of fused-ring (bicyclic) bond motifs is 3. The van der Waals surface area contributed by atoms with E-state index in [0.717, 1.165) is 32.1 Å². The molecule has 1 aromatic carbocycles. The Balaban J connectivity index is 1.58. The highest BCUT2D eigenvalue weighted by molar-refractivity contribution is 5.87. The van der Waals surface area contributed by atoms with Gasteiger partial charge in [0.1, 0.15) is 0 Å². The Kier molecular flexibility index (Phi) is 4.77. The number of hydrogen-bond donors (Lipinski definition) is 0. The number of hydrogen-bond acceptors (Lipinski definition) is 2. The fourth-order valence-corrected chi connectivity index (χ4v) is 6.22. The van der Waals surface area contributed by atoms with Crippen LogP contribution in [0, 0.1) is 0 Å². The van der Waals surface area contributed by atoms with Gasteiger partial charge in [-0.15, -0.1) is 0 Å². The lowest BCUT2D eigenvalue weighted by molar-refractivity contribution is -0.0750. The summed E-state index contributed by atoms with van der Waals surface area (Å²) in [5, 5.41) is 6.84. The van der Waals surface area contributed by atoms with E-state index in [1.54, 1.807) is 22.2 Å². The molecule has 2 heterocycles. The fourth-order valence-electron chi connectivity index (χ4n) is 6.22. The van der Waals surface area contributed by atoms with E-state index in [4.69, 9.17) is 0 Å². The summed E-state index contributed by atoms with van der Waals surface area (Å²) in [4.78, 5) is 0. The normalized spacial score (nSPS) is 23.9. The van der Waals surface area contributed by atoms with Crippen molar-refractivity contribution in [2.45, 2.75) is 83.7 Å². The van der Waals surface area contributed by atoms with Crippen LogP contribution in [-0.2, 0) is 13.0 Å². The molecular weight excluding hydrogens is 330 g/mol. The van der Waals surface area contributed by atoms with Crippen LogP contribution in [-0.4, -0.2) is 34.2 Å². The maximum atomic E-state index is 2.69. The lowest BCUT2D eigenvalue weighted by atomic mass is 9.83. The highest BCUT2D eigenvalue weighted by Gasteiger charge is 2.36. The van der Waals surface area contributed by atoms with Crippen molar-refractivity contribution < 1.29 is 0 Å². The van der Waals surface area contributed by atoms with E-state index in [0.29, 0.717) is 6.04 Å². The van der Waals surface area contributed by atoms with Gasteiger partial charge >= 0.3 is 0 Å². The van der Waals surface area contributed by atoms with E-state index >= 15 is 0 Å². The van der Waals surface area contributed by atoms with Crippen molar-refractivity contribution >= 4 is 10.9 Å². The molecule has 1 atom stereocenters. The number of hydrazine groups is 1. The van der Waals surface area contributed by atoms with Crippen LogP contribution >= 0.6 is 0 Å². The van der Waals surface area contributed by atoms with E-state index in [1.165, 1.54) is 56.9 Å². The summed E-state index contributed by atoms with van der Waals surface area (Å²) in [5.74, 6) is 0.804. The second kappa shape index (κ2) is 7.25. The van der Waals surface area contributed by atoms with Crippen molar-refractivity contribution in [2.24, 2.45) is 0 Å². The molecule has 3 heteroatoms. The number of nitrogens with zero attached hydrogens (tertiary/aromatic N) is 3. The maximum Gasteiger partial charge on any atom is 0.0651 e. The summed E-state index contributed by atoms with van der Waals surface area (Å²) in [7, 11) is 0. The van der Waals surface area contributed by atoms with E-state index in [1.807, 2.05) is 0 Å². The van der Waals surface area contributed by atoms with Gasteiger partial charge < -0.3 is 4.57 Å². The summed E-state index contributed by atoms with van der Waals surface area (Å²) in [6.07, 6.45) is 11.0. The van der Waals surface area contributed by atoms with Crippen molar-refractivity contribution in [2.75, 3.05) is 19.6 Å². The van der Waals surface area contributed by atoms with Crippen molar-refractivity contribution in [3.05, 3.63) is 35.0 Å². The predicted octanol–water partition coefficient (Wildman–Crippen LogP) is 5.64. The molecule has 2 aliphatic carbocycles. The first-order valence-corrected chi connectivity index (χ1v) is 11.5. The van der Waals surface area contributed by atoms with E-state index in [9.17, 15) is 0 Å². The smallest absolute Gasteiger partial charge is 0.0651 e. The molecule has 0 saturated heterocycles. The van der Waals surface area contributed by atoms with Crippen LogP contribution in [0.5, 0.6) is 0 Å². The molecule has 0 radical (unpaired) electrons. The minimum absolute atomic E-state index is 0.591. The molecule has 0 amide bonds. The quantitative estimate of drug-likeness (QED) is 0.695. The van der Waals surface area contributed by atoms with Gasteiger partial charge in [0.2, 0.25) is 0 Å². The van der Waals surface area contributed by atoms with E-state index in [-0.39, 0.29) is 0 Å². The first kappa shape index (κ1) is 17.8. The van der Waals surface area contributed by atoms with Gasteiger partial charge in [-0.2, -0.15) is 0 Å². The predicted molar refractivity (Wildman–Crippen MR) is 113 cm³/mol. The van der Waals surface area contributed by atoms with Gasteiger partial charge in [0.15, 0.2) is 0 Å². The zero-order chi connectivity index (χ0) is 18.4. The monoisotopic (exact) mass is 365 g/mol. The molecule has 2 aromatic rings. The molecule has 5 rings (SSSR count). The molecular formula is C24H35N3. The third-order valence-electron chi connectivity index (χ3n) is 7.54. The van der Waals surface area contributed by atoms with Gasteiger partial charge in [0, 0.05) is 42.8 Å². The first-order valence-electron chi connectivity index (χ1n) is 11.5. The Morgan fingerprint density at radius 1 is 0.963 bits per heavy atom. The molecule has 1 unspecified atom stereocenters. The molecule has 146 valence electrons. The highest BCUT2D eigenvalue weighted by Crippen LogP contribution is 2.44. The van der Waals surface area contributed by atoms with Crippen molar-refractivity contribution in [1.82, 2.24) is 14.6 Å². The van der Waals surface area contributed by atoms with E-state index in [2.05, 4.69) is 46.6 Å². The Labute approximate surface area is 164 Å². The second-order valence-electron chi connectivity index (χ2n) is 8.84. The Hall–Kier alpha value is -1.32. The van der Waals surface area contributed by atoms with E-state index < -0.39 is 0 Å². The molecule has 0 bridgehead atoms. The van der Waals surface area contributed by atoms with Gasteiger partial charge in [-0.25, -0.2) is 10.0 Å². The number of benzene rings is 1. The van der Waals surface area contributed by atoms with Crippen LogP contribution < -0.4 is 0 Å². The average Bonchev–Trinajstić information content (AvgIpc) is 3.06. The van der Waals surface area contributed by atoms with Crippen molar-refractivity contribution in [3.63, 3.8) is 0 Å². The number of rotatable bonds is 4. The molecule has 3 nitrogen and oxygen atoms in total. The van der Waals surface area contributed by atoms with Gasteiger partial charge in [-0.3, -0.25) is 0 Å². The minimum Gasteiger partial charge on any atom is -0.341 e. The molecule has 1 aromatic heterocycles. The van der Waals surface area contributed by atoms with Crippen LogP contribution in [0.4, 0.5) is 0 Å². The van der Waals surface area contributed by atoms with Gasteiger partial charge in [-0.1, -0.05) is 39.2 Å². The molecule has 3 aliphatic rings. The topological polar surface area (TPSA) is 11.4 Å². The Morgan fingerprint density at radius 3 is 2.56 bits per heavy atom. The largest absolute Gasteiger partial charge is 0.341 e. The fraction of sp³-hybridized carbons (Fsp3) is 0.667. The molecule has 1 aliphatic heterocycles. The summed E-state index contributed by atoms with van der Waals surface area (Å²) in [5.41, 5.74) is 6.45. The second-order valence-corrected chi connectivity index (χ2v) is 8.84. The summed E-state index contributed by atoms with van der Waals surface area (Å²) in [6.45, 7) is 9.14. The molecule has 1 saturated carbocycles. The van der Waals surface area contributed by atoms with Crippen LogP contribution in [0.2, 0.25) is 0 Å². The Morgan fingerprint density at radius 2 is 1.78 bits per heavy atom. The SMILES string of the molecule is CCN(CC)N1CCn2c3c(c4cc(C5CCCCC5)ccc42)CCCC31. The number of aryl methyl sites for hydroxylation is 1. The third kappa shape index (κ3) is 2.86. The molecule has 0 N–H and O–H groups in total. The van der Waals surface area contributed by atoms with Crippen LogP contribution in [0.25, 0.3) is 10.9 Å².